The first-order valence-corrected chi connectivity index (χ1v) is 9.18. The minimum Gasteiger partial charge on any atom is -0.320 e. The minimum atomic E-state index is -0.247. The van der Waals surface area contributed by atoms with E-state index >= 15 is 0 Å². The van der Waals surface area contributed by atoms with E-state index < -0.39 is 0 Å². The summed E-state index contributed by atoms with van der Waals surface area (Å²) in [7, 11) is 0. The van der Waals surface area contributed by atoms with E-state index in [1.54, 1.807) is 41.3 Å². The summed E-state index contributed by atoms with van der Waals surface area (Å²) in [4.78, 5) is 29.6. The predicted octanol–water partition coefficient (Wildman–Crippen LogP) is 4.72. The Morgan fingerprint density at radius 3 is 2.52 bits per heavy atom. The lowest BCUT2D eigenvalue weighted by Crippen LogP contribution is -2.32. The van der Waals surface area contributed by atoms with Crippen molar-refractivity contribution >= 4 is 52.9 Å². The van der Waals surface area contributed by atoms with Crippen molar-refractivity contribution in [1.82, 2.24) is 4.90 Å². The molecule has 0 aliphatic carbocycles. The largest absolute Gasteiger partial charge is 0.320 e. The summed E-state index contributed by atoms with van der Waals surface area (Å²) in [5.74, 6) is -0.299. The number of carbonyl (C=O) groups excluding carboxylic acids is 2. The molecule has 0 aromatic heterocycles. The lowest BCUT2D eigenvalue weighted by Gasteiger charge is -2.25. The second-order valence-corrected chi connectivity index (χ2v) is 6.58. The van der Waals surface area contributed by atoms with Gasteiger partial charge in [-0.15, -0.1) is 12.4 Å². The maximum Gasteiger partial charge on any atom is 0.257 e. The molecular weight excluding hydrogens is 385 g/mol. The Morgan fingerprint density at radius 2 is 1.81 bits per heavy atom. The van der Waals surface area contributed by atoms with Crippen molar-refractivity contribution in [3.63, 3.8) is 0 Å². The summed E-state index contributed by atoms with van der Waals surface area (Å²) in [6.07, 6.45) is 0.367. The third-order valence-electron chi connectivity index (χ3n) is 4.62. The lowest BCUT2D eigenvalue weighted by molar-refractivity contribution is -0.118. The Hall–Kier alpha value is -2.08. The van der Waals surface area contributed by atoms with Crippen LogP contribution in [-0.4, -0.2) is 36.3 Å². The number of fused-ring (bicyclic) bond motifs is 2. The van der Waals surface area contributed by atoms with Gasteiger partial charge in [0.15, 0.2) is 0 Å². The topological polar surface area (TPSA) is 52.7 Å². The van der Waals surface area contributed by atoms with Crippen LogP contribution in [0.4, 0.5) is 17.1 Å². The zero-order valence-corrected chi connectivity index (χ0v) is 16.9. The Kier molecular flexibility index (Phi) is 7.25. The van der Waals surface area contributed by atoms with Crippen LogP contribution in [0.3, 0.4) is 0 Å². The van der Waals surface area contributed by atoms with Crippen LogP contribution in [0.25, 0.3) is 0 Å². The molecule has 1 heterocycles. The van der Waals surface area contributed by atoms with E-state index in [-0.39, 0.29) is 24.2 Å². The Labute approximate surface area is 170 Å². The summed E-state index contributed by atoms with van der Waals surface area (Å²) in [5.41, 5.74) is 2.23. The highest BCUT2D eigenvalue weighted by atomic mass is 35.5. The van der Waals surface area contributed by atoms with Crippen molar-refractivity contribution in [3.05, 3.63) is 53.1 Å². The van der Waals surface area contributed by atoms with Gasteiger partial charge < -0.3 is 10.2 Å². The van der Waals surface area contributed by atoms with E-state index in [9.17, 15) is 9.59 Å². The van der Waals surface area contributed by atoms with Gasteiger partial charge in [-0.25, -0.2) is 0 Å². The average molecular weight is 408 g/mol. The lowest BCUT2D eigenvalue weighted by atomic mass is 10.1. The average Bonchev–Trinajstić information content (AvgIpc) is 2.76. The van der Waals surface area contributed by atoms with Gasteiger partial charge in [-0.2, -0.15) is 0 Å². The predicted molar refractivity (Wildman–Crippen MR) is 113 cm³/mol. The van der Waals surface area contributed by atoms with E-state index in [4.69, 9.17) is 11.6 Å². The maximum atomic E-state index is 13.1. The fraction of sp³-hybridized carbons (Fsp3) is 0.300. The molecule has 0 saturated heterocycles. The number of benzene rings is 2. The number of nitrogens with zero attached hydrogens (tertiary/aromatic N) is 2. The van der Waals surface area contributed by atoms with E-state index in [0.717, 1.165) is 13.1 Å². The van der Waals surface area contributed by atoms with E-state index in [2.05, 4.69) is 24.1 Å². The number of amides is 2. The van der Waals surface area contributed by atoms with Gasteiger partial charge >= 0.3 is 0 Å². The second kappa shape index (κ2) is 9.22. The van der Waals surface area contributed by atoms with Crippen molar-refractivity contribution in [2.75, 3.05) is 29.9 Å². The molecule has 0 bridgehead atoms. The van der Waals surface area contributed by atoms with Crippen molar-refractivity contribution in [2.24, 2.45) is 0 Å². The van der Waals surface area contributed by atoms with Gasteiger partial charge in [0, 0.05) is 18.0 Å². The van der Waals surface area contributed by atoms with Crippen LogP contribution in [0.2, 0.25) is 5.02 Å². The van der Waals surface area contributed by atoms with Crippen molar-refractivity contribution in [2.45, 2.75) is 20.3 Å². The minimum absolute atomic E-state index is 0. The summed E-state index contributed by atoms with van der Waals surface area (Å²) in [5, 5.41) is 3.37. The third-order valence-corrected chi connectivity index (χ3v) is 4.86. The number of hydrogen-bond donors (Lipinski definition) is 1. The van der Waals surface area contributed by atoms with E-state index in [1.165, 1.54) is 0 Å². The van der Waals surface area contributed by atoms with E-state index in [1.807, 2.05) is 6.07 Å². The molecule has 27 heavy (non-hydrogen) atoms. The highest BCUT2D eigenvalue weighted by Crippen LogP contribution is 2.39. The first-order valence-electron chi connectivity index (χ1n) is 8.80. The van der Waals surface area contributed by atoms with Crippen LogP contribution >= 0.6 is 24.0 Å². The summed E-state index contributed by atoms with van der Waals surface area (Å²) in [6.45, 7) is 6.62. The van der Waals surface area contributed by atoms with Gasteiger partial charge in [-0.3, -0.25) is 14.5 Å². The molecule has 1 N–H and O–H groups in total. The Morgan fingerprint density at radius 1 is 1.11 bits per heavy atom. The number of halogens is 2. The molecule has 2 amide bonds. The number of rotatable bonds is 5. The van der Waals surface area contributed by atoms with Crippen LogP contribution in [0.5, 0.6) is 0 Å². The molecule has 5 nitrogen and oxygen atoms in total. The van der Waals surface area contributed by atoms with Gasteiger partial charge in [0.25, 0.3) is 5.91 Å². The van der Waals surface area contributed by atoms with Crippen LogP contribution in [0, 0.1) is 0 Å². The molecule has 2 aromatic carbocycles. The first-order chi connectivity index (χ1) is 12.5. The standard InChI is InChI=1S/C20H22ClN3O2.ClH/c1-3-23(4-2)12-11-19(25)24-17-8-6-5-7-15(17)20(26)22-16-13-14(21)9-10-18(16)24;/h5-10,13H,3-4,11-12H2,1-2H3,(H,22,26);1H. The van der Waals surface area contributed by atoms with Gasteiger partial charge in [-0.05, 0) is 43.4 Å². The van der Waals surface area contributed by atoms with Gasteiger partial charge in [-0.1, -0.05) is 37.6 Å². The summed E-state index contributed by atoms with van der Waals surface area (Å²) < 4.78 is 0. The molecule has 0 unspecified atom stereocenters. The number of hydrogen-bond acceptors (Lipinski definition) is 3. The molecule has 0 spiro atoms. The molecular formula is C20H23Cl2N3O2. The van der Waals surface area contributed by atoms with Crippen LogP contribution in [0.15, 0.2) is 42.5 Å². The number of para-hydroxylation sites is 1. The fourth-order valence-corrected chi connectivity index (χ4v) is 3.33. The van der Waals surface area contributed by atoms with Crippen molar-refractivity contribution in [1.29, 1.82) is 0 Å². The zero-order valence-electron chi connectivity index (χ0n) is 15.4. The molecule has 3 rings (SSSR count). The highest BCUT2D eigenvalue weighted by Gasteiger charge is 2.29. The Bertz CT molecular complexity index is 838. The number of carbonyl (C=O) groups is 2. The smallest absolute Gasteiger partial charge is 0.257 e. The quantitative estimate of drug-likeness (QED) is 0.779. The molecule has 0 saturated carbocycles. The third kappa shape index (κ3) is 4.43. The second-order valence-electron chi connectivity index (χ2n) is 6.14. The van der Waals surface area contributed by atoms with Crippen LogP contribution in [0.1, 0.15) is 30.6 Å². The summed E-state index contributed by atoms with van der Waals surface area (Å²) in [6, 6.07) is 12.3. The molecule has 0 fully saturated rings. The maximum absolute atomic E-state index is 13.1. The van der Waals surface area contributed by atoms with Crippen molar-refractivity contribution < 1.29 is 9.59 Å². The molecule has 1 aliphatic heterocycles. The molecule has 144 valence electrons. The molecule has 0 atom stereocenters. The molecule has 7 heteroatoms. The van der Waals surface area contributed by atoms with Crippen molar-refractivity contribution in [3.8, 4) is 0 Å². The number of anilines is 3. The molecule has 1 aliphatic rings. The highest BCUT2D eigenvalue weighted by molar-refractivity contribution is 6.31. The SMILES string of the molecule is CCN(CC)CCC(=O)N1c2ccc(Cl)cc2NC(=O)c2ccccc21.Cl. The van der Waals surface area contributed by atoms with E-state index in [0.29, 0.717) is 40.6 Å². The Balaban J connectivity index is 0.00000261. The van der Waals surface area contributed by atoms with Crippen LogP contribution < -0.4 is 10.2 Å². The molecule has 0 radical (unpaired) electrons. The normalized spacial score (nSPS) is 12.6. The van der Waals surface area contributed by atoms with Gasteiger partial charge in [0.05, 0.1) is 22.6 Å². The van der Waals surface area contributed by atoms with Gasteiger partial charge in [0.2, 0.25) is 5.91 Å². The van der Waals surface area contributed by atoms with Gasteiger partial charge in [0.1, 0.15) is 0 Å². The zero-order chi connectivity index (χ0) is 18.7. The summed E-state index contributed by atoms with van der Waals surface area (Å²) >= 11 is 6.10. The monoisotopic (exact) mass is 407 g/mol. The number of nitrogens with one attached hydrogen (secondary N) is 1. The fourth-order valence-electron chi connectivity index (χ4n) is 3.16. The first kappa shape index (κ1) is 21.2. The van der Waals surface area contributed by atoms with Crippen LogP contribution in [-0.2, 0) is 4.79 Å². The molecule has 2 aromatic rings.